The van der Waals surface area contributed by atoms with Gasteiger partial charge in [-0.25, -0.2) is 4.98 Å². The summed E-state index contributed by atoms with van der Waals surface area (Å²) in [6.45, 7) is 1.97. The number of aryl methyl sites for hydroxylation is 1. The van der Waals surface area contributed by atoms with Gasteiger partial charge in [-0.2, -0.15) is 0 Å². The zero-order valence-corrected chi connectivity index (χ0v) is 11.7. The number of aliphatic hydroxyl groups excluding tert-OH is 1. The Morgan fingerprint density at radius 2 is 1.95 bits per heavy atom. The largest absolute Gasteiger partial charge is 0.387 e. The van der Waals surface area contributed by atoms with E-state index in [9.17, 15) is 5.11 Å². The molecule has 0 aliphatic heterocycles. The van der Waals surface area contributed by atoms with Crippen molar-refractivity contribution < 1.29 is 5.11 Å². The van der Waals surface area contributed by atoms with Crippen molar-refractivity contribution in [1.29, 1.82) is 0 Å². The molecular weight excluding hydrogens is 248 g/mol. The number of aromatic nitrogens is 1. The number of hydrogen-bond acceptors (Lipinski definition) is 3. The van der Waals surface area contributed by atoms with E-state index in [0.29, 0.717) is 5.82 Å². The number of pyridine rings is 1. The monoisotopic (exact) mass is 268 g/mol. The summed E-state index contributed by atoms with van der Waals surface area (Å²) >= 11 is 0. The van der Waals surface area contributed by atoms with Gasteiger partial charge in [0.15, 0.2) is 0 Å². The number of aliphatic hydroxyl groups is 1. The predicted octanol–water partition coefficient (Wildman–Crippen LogP) is 3.13. The van der Waals surface area contributed by atoms with Crippen molar-refractivity contribution in [3.05, 3.63) is 59.3 Å². The van der Waals surface area contributed by atoms with Crippen LogP contribution in [0.1, 0.15) is 42.1 Å². The standard InChI is InChI=1S/C17H20N2O/c1-12-10-14(16(18)19-11-12)15(20)17(8-5-9-17)13-6-3-2-4-7-13/h2-4,6-7,10-11,15,20H,5,8-9H2,1H3,(H2,18,19). The SMILES string of the molecule is Cc1cnc(N)c(C(O)C2(c3ccccc3)CCC2)c1. The second kappa shape index (κ2) is 4.91. The van der Waals surface area contributed by atoms with Crippen LogP contribution < -0.4 is 5.73 Å². The fourth-order valence-corrected chi connectivity index (χ4v) is 3.17. The molecule has 0 radical (unpaired) electrons. The van der Waals surface area contributed by atoms with Crippen LogP contribution >= 0.6 is 0 Å². The van der Waals surface area contributed by atoms with Gasteiger partial charge in [0.1, 0.15) is 5.82 Å². The average molecular weight is 268 g/mol. The third-order valence-corrected chi connectivity index (χ3v) is 4.50. The van der Waals surface area contributed by atoms with Crippen LogP contribution in [0.2, 0.25) is 0 Å². The first-order chi connectivity index (χ1) is 9.63. The molecule has 0 amide bonds. The van der Waals surface area contributed by atoms with E-state index in [0.717, 1.165) is 30.4 Å². The highest BCUT2D eigenvalue weighted by Gasteiger charge is 2.46. The number of nitrogens with zero attached hydrogens (tertiary/aromatic N) is 1. The summed E-state index contributed by atoms with van der Waals surface area (Å²) in [5.41, 5.74) is 8.75. The fourth-order valence-electron chi connectivity index (χ4n) is 3.17. The van der Waals surface area contributed by atoms with Crippen molar-refractivity contribution >= 4 is 5.82 Å². The Labute approximate surface area is 119 Å². The van der Waals surface area contributed by atoms with Crippen LogP contribution in [0, 0.1) is 6.92 Å². The number of anilines is 1. The van der Waals surface area contributed by atoms with Crippen molar-refractivity contribution in [2.45, 2.75) is 37.7 Å². The lowest BCUT2D eigenvalue weighted by Crippen LogP contribution is -2.40. The van der Waals surface area contributed by atoms with Gasteiger partial charge in [-0.3, -0.25) is 0 Å². The smallest absolute Gasteiger partial charge is 0.129 e. The maximum Gasteiger partial charge on any atom is 0.129 e. The molecule has 3 heteroatoms. The molecule has 1 fully saturated rings. The maximum atomic E-state index is 10.9. The summed E-state index contributed by atoms with van der Waals surface area (Å²) in [6.07, 6.45) is 4.27. The van der Waals surface area contributed by atoms with E-state index in [-0.39, 0.29) is 5.41 Å². The molecule has 0 spiro atoms. The third-order valence-electron chi connectivity index (χ3n) is 4.50. The van der Waals surface area contributed by atoms with Crippen LogP contribution in [0.3, 0.4) is 0 Å². The molecule has 104 valence electrons. The highest BCUT2D eigenvalue weighted by Crippen LogP contribution is 2.52. The minimum Gasteiger partial charge on any atom is -0.387 e. The van der Waals surface area contributed by atoms with E-state index in [1.165, 1.54) is 5.56 Å². The quantitative estimate of drug-likeness (QED) is 0.899. The Kier molecular flexibility index (Phi) is 3.22. The average Bonchev–Trinajstić information content (AvgIpc) is 2.41. The molecule has 1 unspecified atom stereocenters. The van der Waals surface area contributed by atoms with Crippen molar-refractivity contribution in [2.24, 2.45) is 0 Å². The van der Waals surface area contributed by atoms with Crippen LogP contribution in [0.25, 0.3) is 0 Å². The maximum absolute atomic E-state index is 10.9. The molecule has 1 heterocycles. The molecule has 1 aliphatic rings. The van der Waals surface area contributed by atoms with Crippen LogP contribution in [-0.2, 0) is 5.41 Å². The lowest BCUT2D eigenvalue weighted by Gasteiger charge is -2.46. The number of nitrogen functional groups attached to an aromatic ring is 1. The first-order valence-electron chi connectivity index (χ1n) is 7.09. The van der Waals surface area contributed by atoms with E-state index in [1.54, 1.807) is 6.20 Å². The van der Waals surface area contributed by atoms with Crippen LogP contribution in [-0.4, -0.2) is 10.1 Å². The predicted molar refractivity (Wildman–Crippen MR) is 80.3 cm³/mol. The van der Waals surface area contributed by atoms with Crippen LogP contribution in [0.5, 0.6) is 0 Å². The second-order valence-electron chi connectivity index (χ2n) is 5.77. The van der Waals surface area contributed by atoms with Gasteiger partial charge < -0.3 is 10.8 Å². The number of benzene rings is 1. The number of nitrogens with two attached hydrogens (primary N) is 1. The molecule has 1 aliphatic carbocycles. The molecule has 3 rings (SSSR count). The lowest BCUT2D eigenvalue weighted by atomic mass is 9.60. The summed E-state index contributed by atoms with van der Waals surface area (Å²) in [5, 5.41) is 10.9. The normalized spacial score (nSPS) is 18.3. The Balaban J connectivity index is 2.03. The first kappa shape index (κ1) is 13.1. The number of rotatable bonds is 3. The van der Waals surface area contributed by atoms with Crippen molar-refractivity contribution in [3.63, 3.8) is 0 Å². The molecule has 20 heavy (non-hydrogen) atoms. The zero-order valence-electron chi connectivity index (χ0n) is 11.7. The van der Waals surface area contributed by atoms with Gasteiger partial charge in [0.05, 0.1) is 6.10 Å². The fraction of sp³-hybridized carbons (Fsp3) is 0.353. The van der Waals surface area contributed by atoms with Crippen molar-refractivity contribution in [2.75, 3.05) is 5.73 Å². The van der Waals surface area contributed by atoms with Gasteiger partial charge in [0, 0.05) is 17.2 Å². The highest BCUT2D eigenvalue weighted by atomic mass is 16.3. The van der Waals surface area contributed by atoms with E-state index in [2.05, 4.69) is 17.1 Å². The third kappa shape index (κ3) is 1.98. The summed E-state index contributed by atoms with van der Waals surface area (Å²) in [4.78, 5) is 4.18. The Morgan fingerprint density at radius 3 is 2.55 bits per heavy atom. The minimum absolute atomic E-state index is 0.204. The van der Waals surface area contributed by atoms with E-state index in [1.807, 2.05) is 31.2 Å². The Hall–Kier alpha value is -1.87. The van der Waals surface area contributed by atoms with Gasteiger partial charge in [-0.1, -0.05) is 36.8 Å². The molecule has 2 aromatic rings. The summed E-state index contributed by atoms with van der Waals surface area (Å²) < 4.78 is 0. The van der Waals surface area contributed by atoms with E-state index in [4.69, 9.17) is 5.73 Å². The topological polar surface area (TPSA) is 59.1 Å². The summed E-state index contributed by atoms with van der Waals surface area (Å²) in [6, 6.07) is 12.2. The summed E-state index contributed by atoms with van der Waals surface area (Å²) in [5.74, 6) is 0.435. The van der Waals surface area contributed by atoms with E-state index < -0.39 is 6.10 Å². The molecule has 3 nitrogen and oxygen atoms in total. The molecule has 0 bridgehead atoms. The van der Waals surface area contributed by atoms with Gasteiger partial charge in [0.25, 0.3) is 0 Å². The molecule has 1 aromatic carbocycles. The molecule has 1 saturated carbocycles. The summed E-state index contributed by atoms with van der Waals surface area (Å²) in [7, 11) is 0. The van der Waals surface area contributed by atoms with Crippen molar-refractivity contribution in [3.8, 4) is 0 Å². The van der Waals surface area contributed by atoms with Gasteiger partial charge in [-0.15, -0.1) is 0 Å². The van der Waals surface area contributed by atoms with E-state index >= 15 is 0 Å². The molecule has 1 aromatic heterocycles. The highest BCUT2D eigenvalue weighted by molar-refractivity contribution is 5.46. The molecule has 3 N–H and O–H groups in total. The van der Waals surface area contributed by atoms with Crippen molar-refractivity contribution in [1.82, 2.24) is 4.98 Å². The molecular formula is C17H20N2O. The second-order valence-corrected chi connectivity index (χ2v) is 5.77. The number of hydrogen-bond donors (Lipinski definition) is 2. The van der Waals surface area contributed by atoms with Gasteiger partial charge in [-0.05, 0) is 37.0 Å². The molecule has 1 atom stereocenters. The molecule has 0 saturated heterocycles. The van der Waals surface area contributed by atoms with Crippen LogP contribution in [0.4, 0.5) is 5.82 Å². The zero-order chi connectivity index (χ0) is 14.2. The Morgan fingerprint density at radius 1 is 1.25 bits per heavy atom. The minimum atomic E-state index is -0.592. The Bertz CT molecular complexity index is 606. The van der Waals surface area contributed by atoms with Gasteiger partial charge in [0.2, 0.25) is 0 Å². The van der Waals surface area contributed by atoms with Crippen LogP contribution in [0.15, 0.2) is 42.6 Å². The van der Waals surface area contributed by atoms with Gasteiger partial charge >= 0.3 is 0 Å². The lowest BCUT2D eigenvalue weighted by molar-refractivity contribution is 0.0271. The first-order valence-corrected chi connectivity index (χ1v) is 7.09.